The van der Waals surface area contributed by atoms with E-state index < -0.39 is 0 Å². The predicted octanol–water partition coefficient (Wildman–Crippen LogP) is 2.71. The van der Waals surface area contributed by atoms with Crippen molar-refractivity contribution in [1.82, 2.24) is 0 Å². The minimum absolute atomic E-state index is 0.417. The van der Waals surface area contributed by atoms with Crippen LogP contribution in [0.1, 0.15) is 39.0 Å². The van der Waals surface area contributed by atoms with Gasteiger partial charge in [-0.15, -0.1) is 0 Å². The first-order valence-electron chi connectivity index (χ1n) is 5.02. The lowest BCUT2D eigenvalue weighted by molar-refractivity contribution is -0.117. The van der Waals surface area contributed by atoms with E-state index in [1.165, 1.54) is 19.3 Å². The zero-order valence-corrected chi connectivity index (χ0v) is 7.68. The lowest BCUT2D eigenvalue weighted by atomic mass is 9.84. The molecular weight excluding hydrogens is 148 g/mol. The smallest absolute Gasteiger partial charge is 0.158 e. The number of ketones is 1. The van der Waals surface area contributed by atoms with E-state index in [9.17, 15) is 4.79 Å². The molecule has 0 aromatic rings. The SMILES string of the molecule is CC1CCCC(=O)/C1=C\C1CC1. The maximum absolute atomic E-state index is 11.5. The van der Waals surface area contributed by atoms with E-state index >= 15 is 0 Å². The first kappa shape index (κ1) is 8.03. The Labute approximate surface area is 73.8 Å². The first-order valence-corrected chi connectivity index (χ1v) is 5.02. The number of carbonyl (C=O) groups excluding carboxylic acids is 1. The minimum atomic E-state index is 0.417. The van der Waals surface area contributed by atoms with Crippen molar-refractivity contribution in [3.8, 4) is 0 Å². The largest absolute Gasteiger partial charge is 0.295 e. The summed E-state index contributed by atoms with van der Waals surface area (Å²) in [6.45, 7) is 2.19. The number of Topliss-reactive ketones (excluding diaryl/α,β-unsaturated/α-hetero) is 1. The summed E-state index contributed by atoms with van der Waals surface area (Å²) in [5.74, 6) is 1.71. The molecule has 1 nitrogen and oxygen atoms in total. The Kier molecular flexibility index (Phi) is 2.03. The van der Waals surface area contributed by atoms with Crippen LogP contribution >= 0.6 is 0 Å². The minimum Gasteiger partial charge on any atom is -0.295 e. The van der Waals surface area contributed by atoms with Crippen LogP contribution in [0.3, 0.4) is 0 Å². The Bertz CT molecular complexity index is 223. The Morgan fingerprint density at radius 3 is 2.67 bits per heavy atom. The molecule has 0 aliphatic heterocycles. The molecule has 1 heteroatoms. The van der Waals surface area contributed by atoms with Crippen LogP contribution in [0.15, 0.2) is 11.6 Å². The average Bonchev–Trinajstić information content (AvgIpc) is 2.80. The van der Waals surface area contributed by atoms with Gasteiger partial charge in [-0.1, -0.05) is 13.0 Å². The van der Waals surface area contributed by atoms with Crippen molar-refractivity contribution in [1.29, 1.82) is 0 Å². The van der Waals surface area contributed by atoms with Crippen molar-refractivity contribution in [2.75, 3.05) is 0 Å². The molecular formula is C11H16O. The summed E-state index contributed by atoms with van der Waals surface area (Å²) in [5, 5.41) is 0. The van der Waals surface area contributed by atoms with Crippen molar-refractivity contribution in [3.63, 3.8) is 0 Å². The molecule has 0 spiro atoms. The second-order valence-electron chi connectivity index (χ2n) is 4.18. The van der Waals surface area contributed by atoms with Crippen LogP contribution in [0.2, 0.25) is 0 Å². The van der Waals surface area contributed by atoms with E-state index in [1.54, 1.807) is 0 Å². The maximum Gasteiger partial charge on any atom is 0.158 e. The molecule has 0 heterocycles. The third kappa shape index (κ3) is 1.60. The fourth-order valence-corrected chi connectivity index (χ4v) is 1.92. The molecule has 0 amide bonds. The van der Waals surface area contributed by atoms with Crippen molar-refractivity contribution in [2.45, 2.75) is 39.0 Å². The molecule has 0 aromatic heterocycles. The summed E-state index contributed by atoms with van der Waals surface area (Å²) in [6.07, 6.45) is 7.97. The first-order chi connectivity index (χ1) is 5.77. The van der Waals surface area contributed by atoms with Gasteiger partial charge in [-0.05, 0) is 43.1 Å². The fraction of sp³-hybridized carbons (Fsp3) is 0.727. The number of allylic oxidation sites excluding steroid dienone is 2. The molecule has 2 fully saturated rings. The lowest BCUT2D eigenvalue weighted by Crippen LogP contribution is -2.16. The summed E-state index contributed by atoms with van der Waals surface area (Å²) in [4.78, 5) is 11.5. The topological polar surface area (TPSA) is 17.1 Å². The molecule has 66 valence electrons. The molecule has 1 unspecified atom stereocenters. The van der Waals surface area contributed by atoms with Gasteiger partial charge in [0.05, 0.1) is 0 Å². The van der Waals surface area contributed by atoms with Crippen LogP contribution in [0, 0.1) is 11.8 Å². The van der Waals surface area contributed by atoms with Gasteiger partial charge in [-0.3, -0.25) is 4.79 Å². The summed E-state index contributed by atoms with van der Waals surface area (Å²) < 4.78 is 0. The summed E-state index contributed by atoms with van der Waals surface area (Å²) in [6, 6.07) is 0. The highest BCUT2D eigenvalue weighted by atomic mass is 16.1. The van der Waals surface area contributed by atoms with Gasteiger partial charge in [0.2, 0.25) is 0 Å². The van der Waals surface area contributed by atoms with Gasteiger partial charge in [-0.2, -0.15) is 0 Å². The van der Waals surface area contributed by atoms with Gasteiger partial charge < -0.3 is 0 Å². The molecule has 1 atom stereocenters. The fourth-order valence-electron chi connectivity index (χ4n) is 1.92. The monoisotopic (exact) mass is 164 g/mol. The van der Waals surface area contributed by atoms with Gasteiger partial charge in [0.15, 0.2) is 5.78 Å². The predicted molar refractivity (Wildman–Crippen MR) is 48.8 cm³/mol. The van der Waals surface area contributed by atoms with Crippen molar-refractivity contribution in [3.05, 3.63) is 11.6 Å². The zero-order valence-electron chi connectivity index (χ0n) is 7.68. The van der Waals surface area contributed by atoms with E-state index in [2.05, 4.69) is 13.0 Å². The number of carbonyl (C=O) groups is 1. The molecule has 0 bridgehead atoms. The van der Waals surface area contributed by atoms with Crippen LogP contribution in [0.5, 0.6) is 0 Å². The lowest BCUT2D eigenvalue weighted by Gasteiger charge is -2.20. The van der Waals surface area contributed by atoms with E-state index in [0.717, 1.165) is 24.3 Å². The van der Waals surface area contributed by atoms with Crippen LogP contribution < -0.4 is 0 Å². The molecule has 0 aromatic carbocycles. The molecule has 12 heavy (non-hydrogen) atoms. The standard InChI is InChI=1S/C11H16O/c1-8-3-2-4-11(12)10(8)7-9-5-6-9/h7-9H,2-6H2,1H3/b10-7-. The van der Waals surface area contributed by atoms with Gasteiger partial charge >= 0.3 is 0 Å². The van der Waals surface area contributed by atoms with E-state index in [4.69, 9.17) is 0 Å². The maximum atomic E-state index is 11.5. The number of hydrogen-bond acceptors (Lipinski definition) is 1. The summed E-state index contributed by atoms with van der Waals surface area (Å²) >= 11 is 0. The van der Waals surface area contributed by atoms with E-state index in [-0.39, 0.29) is 0 Å². The number of rotatable bonds is 1. The molecule has 2 saturated carbocycles. The van der Waals surface area contributed by atoms with Crippen molar-refractivity contribution >= 4 is 5.78 Å². The van der Waals surface area contributed by atoms with Crippen LogP contribution in [-0.4, -0.2) is 5.78 Å². The normalized spacial score (nSPS) is 34.2. The zero-order chi connectivity index (χ0) is 8.55. The second-order valence-corrected chi connectivity index (χ2v) is 4.18. The van der Waals surface area contributed by atoms with Crippen LogP contribution in [-0.2, 0) is 4.79 Å². The van der Waals surface area contributed by atoms with Gasteiger partial charge in [0, 0.05) is 6.42 Å². The Balaban J connectivity index is 2.11. The highest BCUT2D eigenvalue weighted by molar-refractivity contribution is 5.96. The molecule has 0 N–H and O–H groups in total. The van der Waals surface area contributed by atoms with Crippen LogP contribution in [0.4, 0.5) is 0 Å². The molecule has 0 saturated heterocycles. The van der Waals surface area contributed by atoms with Crippen LogP contribution in [0.25, 0.3) is 0 Å². The highest BCUT2D eigenvalue weighted by Gasteiger charge is 2.26. The third-order valence-electron chi connectivity index (χ3n) is 2.93. The third-order valence-corrected chi connectivity index (χ3v) is 2.93. The average molecular weight is 164 g/mol. The van der Waals surface area contributed by atoms with Gasteiger partial charge in [0.1, 0.15) is 0 Å². The molecule has 2 rings (SSSR count). The second kappa shape index (κ2) is 3.04. The van der Waals surface area contributed by atoms with Crippen molar-refractivity contribution < 1.29 is 4.79 Å². The van der Waals surface area contributed by atoms with Gasteiger partial charge in [0.25, 0.3) is 0 Å². The quantitative estimate of drug-likeness (QED) is 0.544. The van der Waals surface area contributed by atoms with Crippen molar-refractivity contribution in [2.24, 2.45) is 11.8 Å². The van der Waals surface area contributed by atoms with Gasteiger partial charge in [-0.25, -0.2) is 0 Å². The summed E-state index contributed by atoms with van der Waals surface area (Å²) in [7, 11) is 0. The molecule has 0 radical (unpaired) electrons. The highest BCUT2D eigenvalue weighted by Crippen LogP contribution is 2.35. The molecule has 2 aliphatic carbocycles. The van der Waals surface area contributed by atoms with E-state index in [1.807, 2.05) is 0 Å². The Morgan fingerprint density at radius 1 is 1.33 bits per heavy atom. The Morgan fingerprint density at radius 2 is 2.08 bits per heavy atom. The number of hydrogen-bond donors (Lipinski definition) is 0. The Hall–Kier alpha value is -0.590. The van der Waals surface area contributed by atoms with E-state index in [0.29, 0.717) is 11.7 Å². The molecule has 2 aliphatic rings. The summed E-state index contributed by atoms with van der Waals surface area (Å²) in [5.41, 5.74) is 1.14.